The van der Waals surface area contributed by atoms with Crippen LogP contribution in [0.15, 0.2) is 28.7 Å². The van der Waals surface area contributed by atoms with E-state index in [1.165, 1.54) is 0 Å². The van der Waals surface area contributed by atoms with Crippen molar-refractivity contribution in [1.82, 2.24) is 5.32 Å². The van der Waals surface area contributed by atoms with Crippen molar-refractivity contribution in [2.45, 2.75) is 19.9 Å². The molecule has 1 aromatic rings. The van der Waals surface area contributed by atoms with E-state index in [2.05, 4.69) is 21.2 Å². The summed E-state index contributed by atoms with van der Waals surface area (Å²) in [6.45, 7) is 3.50. The predicted octanol–water partition coefficient (Wildman–Crippen LogP) is 2.29. The number of carboxylic acid groups (broad SMARTS) is 1. The Morgan fingerprint density at radius 3 is 2.47 bits per heavy atom. The molecule has 5 heteroatoms. The van der Waals surface area contributed by atoms with Crippen LogP contribution >= 0.6 is 15.9 Å². The molecule has 1 atom stereocenters. The van der Waals surface area contributed by atoms with Gasteiger partial charge in [-0.2, -0.15) is 0 Å². The number of carbonyl (C=O) groups excluding carboxylic acids is 1. The molecule has 0 saturated heterocycles. The van der Waals surface area contributed by atoms with Crippen LogP contribution in [0.25, 0.3) is 0 Å². The molecule has 1 rings (SSSR count). The quantitative estimate of drug-likeness (QED) is 0.896. The van der Waals surface area contributed by atoms with Gasteiger partial charge in [0.1, 0.15) is 6.04 Å². The van der Waals surface area contributed by atoms with Gasteiger partial charge in [-0.3, -0.25) is 4.79 Å². The lowest BCUT2D eigenvalue weighted by molar-refractivity contribution is -0.140. The third-order valence-corrected chi connectivity index (χ3v) is 2.80. The van der Waals surface area contributed by atoms with Crippen molar-refractivity contribution in [3.8, 4) is 0 Å². The van der Waals surface area contributed by atoms with Gasteiger partial charge in [0.25, 0.3) is 5.91 Å². The van der Waals surface area contributed by atoms with Gasteiger partial charge in [0, 0.05) is 10.0 Å². The number of carbonyl (C=O) groups is 2. The maximum absolute atomic E-state index is 11.8. The van der Waals surface area contributed by atoms with Crippen LogP contribution in [0.5, 0.6) is 0 Å². The molecule has 0 fully saturated rings. The normalized spacial score (nSPS) is 12.2. The molecule has 2 N–H and O–H groups in total. The van der Waals surface area contributed by atoms with Crippen LogP contribution in [0.2, 0.25) is 0 Å². The summed E-state index contributed by atoms with van der Waals surface area (Å²) in [7, 11) is 0. The average Bonchev–Trinajstić information content (AvgIpc) is 2.24. The highest BCUT2D eigenvalue weighted by Crippen LogP contribution is 2.12. The summed E-state index contributed by atoms with van der Waals surface area (Å²) in [5.41, 5.74) is 0.436. The number of hydrogen-bond acceptors (Lipinski definition) is 2. The fourth-order valence-electron chi connectivity index (χ4n) is 1.37. The molecule has 0 heterocycles. The highest BCUT2D eigenvalue weighted by molar-refractivity contribution is 9.10. The van der Waals surface area contributed by atoms with Crippen molar-refractivity contribution in [3.63, 3.8) is 0 Å². The number of aliphatic carboxylic acids is 1. The van der Waals surface area contributed by atoms with E-state index in [1.54, 1.807) is 38.1 Å². The first-order chi connectivity index (χ1) is 7.91. The summed E-state index contributed by atoms with van der Waals surface area (Å²) in [4.78, 5) is 22.8. The number of benzene rings is 1. The molecule has 92 valence electrons. The van der Waals surface area contributed by atoms with E-state index in [1.807, 2.05) is 0 Å². The van der Waals surface area contributed by atoms with Crippen LogP contribution in [0.3, 0.4) is 0 Å². The van der Waals surface area contributed by atoms with Gasteiger partial charge in [0.05, 0.1) is 0 Å². The van der Waals surface area contributed by atoms with E-state index < -0.39 is 12.0 Å². The SMILES string of the molecule is CC(C)[C@H](NC(=O)c1cccc(Br)c1)C(=O)O. The van der Waals surface area contributed by atoms with Crippen LogP contribution in [0.4, 0.5) is 0 Å². The summed E-state index contributed by atoms with van der Waals surface area (Å²) in [5.74, 6) is -1.57. The number of amides is 1. The van der Waals surface area contributed by atoms with Gasteiger partial charge in [0.2, 0.25) is 0 Å². The number of hydrogen-bond donors (Lipinski definition) is 2. The topological polar surface area (TPSA) is 66.4 Å². The summed E-state index contributed by atoms with van der Waals surface area (Å²) >= 11 is 3.26. The fraction of sp³-hybridized carbons (Fsp3) is 0.333. The minimum absolute atomic E-state index is 0.163. The van der Waals surface area contributed by atoms with Gasteiger partial charge >= 0.3 is 5.97 Å². The number of carboxylic acids is 1. The molecular weight excluding hydrogens is 286 g/mol. The Kier molecular flexibility index (Phi) is 4.69. The fourth-order valence-corrected chi connectivity index (χ4v) is 1.77. The van der Waals surface area contributed by atoms with Gasteiger partial charge in [-0.15, -0.1) is 0 Å². The average molecular weight is 300 g/mol. The smallest absolute Gasteiger partial charge is 0.326 e. The van der Waals surface area contributed by atoms with Crippen molar-refractivity contribution in [1.29, 1.82) is 0 Å². The minimum Gasteiger partial charge on any atom is -0.480 e. The first-order valence-corrected chi connectivity index (χ1v) is 6.00. The van der Waals surface area contributed by atoms with Gasteiger partial charge in [-0.05, 0) is 24.1 Å². The maximum Gasteiger partial charge on any atom is 0.326 e. The summed E-state index contributed by atoms with van der Waals surface area (Å²) in [6.07, 6.45) is 0. The molecule has 0 aromatic heterocycles. The zero-order valence-electron chi connectivity index (χ0n) is 9.61. The van der Waals surface area contributed by atoms with Crippen molar-refractivity contribution in [2.75, 3.05) is 0 Å². The Hall–Kier alpha value is -1.36. The zero-order chi connectivity index (χ0) is 13.0. The number of halogens is 1. The molecule has 4 nitrogen and oxygen atoms in total. The van der Waals surface area contributed by atoms with E-state index in [0.29, 0.717) is 5.56 Å². The predicted molar refractivity (Wildman–Crippen MR) is 67.9 cm³/mol. The van der Waals surface area contributed by atoms with Crippen LogP contribution in [0.1, 0.15) is 24.2 Å². The summed E-state index contributed by atoms with van der Waals surface area (Å²) in [6, 6.07) is 5.94. The third-order valence-electron chi connectivity index (χ3n) is 2.31. The lowest BCUT2D eigenvalue weighted by Crippen LogP contribution is -2.44. The van der Waals surface area contributed by atoms with Gasteiger partial charge in [0.15, 0.2) is 0 Å². The Bertz CT molecular complexity index is 432. The van der Waals surface area contributed by atoms with Gasteiger partial charge in [-0.1, -0.05) is 35.8 Å². The largest absolute Gasteiger partial charge is 0.480 e. The second-order valence-electron chi connectivity index (χ2n) is 4.04. The standard InChI is InChI=1S/C12H14BrNO3/c1-7(2)10(12(16)17)14-11(15)8-4-3-5-9(13)6-8/h3-7,10H,1-2H3,(H,14,15)(H,16,17)/t10-/m0/s1. The minimum atomic E-state index is -1.02. The molecular formula is C12H14BrNO3. The Balaban J connectivity index is 2.81. The van der Waals surface area contributed by atoms with Crippen LogP contribution in [0, 0.1) is 5.92 Å². The van der Waals surface area contributed by atoms with E-state index >= 15 is 0 Å². The van der Waals surface area contributed by atoms with Crippen LogP contribution < -0.4 is 5.32 Å². The van der Waals surface area contributed by atoms with Crippen molar-refractivity contribution < 1.29 is 14.7 Å². The zero-order valence-corrected chi connectivity index (χ0v) is 11.2. The Morgan fingerprint density at radius 1 is 1.35 bits per heavy atom. The van der Waals surface area contributed by atoms with E-state index in [9.17, 15) is 9.59 Å². The molecule has 0 aliphatic carbocycles. The second-order valence-corrected chi connectivity index (χ2v) is 4.96. The van der Waals surface area contributed by atoms with Gasteiger partial charge < -0.3 is 10.4 Å². The van der Waals surface area contributed by atoms with Crippen molar-refractivity contribution >= 4 is 27.8 Å². The number of nitrogens with one attached hydrogen (secondary N) is 1. The maximum atomic E-state index is 11.8. The monoisotopic (exact) mass is 299 g/mol. The van der Waals surface area contributed by atoms with Crippen LogP contribution in [-0.2, 0) is 4.79 Å². The lowest BCUT2D eigenvalue weighted by atomic mass is 10.0. The van der Waals surface area contributed by atoms with Crippen molar-refractivity contribution in [3.05, 3.63) is 34.3 Å². The number of rotatable bonds is 4. The summed E-state index contributed by atoms with van der Waals surface area (Å²) in [5, 5.41) is 11.5. The molecule has 0 spiro atoms. The molecule has 1 amide bonds. The molecule has 0 unspecified atom stereocenters. The Labute approximate surface area is 108 Å². The highest BCUT2D eigenvalue weighted by Gasteiger charge is 2.23. The van der Waals surface area contributed by atoms with Crippen molar-refractivity contribution in [2.24, 2.45) is 5.92 Å². The molecule has 0 radical (unpaired) electrons. The van der Waals surface area contributed by atoms with Crippen LogP contribution in [-0.4, -0.2) is 23.0 Å². The molecule has 0 aliphatic rings. The molecule has 1 aromatic carbocycles. The molecule has 0 aliphatic heterocycles. The molecule has 17 heavy (non-hydrogen) atoms. The first kappa shape index (κ1) is 13.7. The van der Waals surface area contributed by atoms with Gasteiger partial charge in [-0.25, -0.2) is 4.79 Å². The first-order valence-electron chi connectivity index (χ1n) is 5.21. The van der Waals surface area contributed by atoms with E-state index in [-0.39, 0.29) is 11.8 Å². The van der Waals surface area contributed by atoms with E-state index in [0.717, 1.165) is 4.47 Å². The summed E-state index contributed by atoms with van der Waals surface area (Å²) < 4.78 is 0.779. The second kappa shape index (κ2) is 5.82. The third kappa shape index (κ3) is 3.85. The molecule has 0 bridgehead atoms. The Morgan fingerprint density at radius 2 is 2.00 bits per heavy atom. The lowest BCUT2D eigenvalue weighted by Gasteiger charge is -2.17. The van der Waals surface area contributed by atoms with E-state index in [4.69, 9.17) is 5.11 Å². The molecule has 0 saturated carbocycles. The highest BCUT2D eigenvalue weighted by atomic mass is 79.9.